The lowest BCUT2D eigenvalue weighted by atomic mass is 9.94. The quantitative estimate of drug-likeness (QED) is 0.191. The SMILES string of the molecule is [CH2]c1c(CCCCCCCCCCC)cccc1CCCCCCCCCCC. The first-order chi connectivity index (χ1) is 14.3. The van der Waals surface area contributed by atoms with Gasteiger partial charge in [-0.3, -0.25) is 0 Å². The van der Waals surface area contributed by atoms with Gasteiger partial charge in [-0.1, -0.05) is 135 Å². The Labute approximate surface area is 184 Å². The van der Waals surface area contributed by atoms with Crippen LogP contribution in [-0.2, 0) is 12.8 Å². The Morgan fingerprint density at radius 1 is 0.483 bits per heavy atom. The Balaban J connectivity index is 2.11. The summed E-state index contributed by atoms with van der Waals surface area (Å²) in [5, 5.41) is 0. The second kappa shape index (κ2) is 19.2. The van der Waals surface area contributed by atoms with Crippen LogP contribution < -0.4 is 0 Å². The van der Waals surface area contributed by atoms with Gasteiger partial charge in [-0.25, -0.2) is 0 Å². The van der Waals surface area contributed by atoms with Crippen LogP contribution in [0.5, 0.6) is 0 Å². The van der Waals surface area contributed by atoms with Crippen LogP contribution >= 0.6 is 0 Å². The molecule has 0 aliphatic heterocycles. The van der Waals surface area contributed by atoms with Crippen molar-refractivity contribution in [3.8, 4) is 0 Å². The summed E-state index contributed by atoms with van der Waals surface area (Å²) in [5.41, 5.74) is 4.34. The number of hydrogen-bond acceptors (Lipinski definition) is 0. The summed E-state index contributed by atoms with van der Waals surface area (Å²) in [4.78, 5) is 0. The van der Waals surface area contributed by atoms with E-state index in [4.69, 9.17) is 0 Å². The monoisotopic (exact) mass is 399 g/mol. The van der Waals surface area contributed by atoms with E-state index in [1.807, 2.05) is 0 Å². The van der Waals surface area contributed by atoms with E-state index in [2.05, 4.69) is 39.0 Å². The molecule has 0 aromatic heterocycles. The standard InChI is InChI=1S/C29H51/c1-4-6-8-10-12-14-16-18-20-23-28-25-22-26-29(27(28)3)24-21-19-17-15-13-11-9-7-5-2/h22,25-26H,3-21,23-24H2,1-2H3. The lowest BCUT2D eigenvalue weighted by Crippen LogP contribution is -1.97. The van der Waals surface area contributed by atoms with E-state index in [0.717, 1.165) is 0 Å². The number of hydrogen-bond donors (Lipinski definition) is 0. The van der Waals surface area contributed by atoms with Crippen LogP contribution in [0.1, 0.15) is 146 Å². The molecule has 0 N–H and O–H groups in total. The summed E-state index contributed by atoms with van der Waals surface area (Å²) in [6.07, 6.45) is 27.7. The van der Waals surface area contributed by atoms with E-state index in [9.17, 15) is 0 Å². The maximum Gasteiger partial charge on any atom is -0.0233 e. The van der Waals surface area contributed by atoms with Crippen LogP contribution in [0.4, 0.5) is 0 Å². The molecule has 167 valence electrons. The van der Waals surface area contributed by atoms with Crippen molar-refractivity contribution in [3.63, 3.8) is 0 Å². The molecule has 1 aromatic carbocycles. The Morgan fingerprint density at radius 2 is 0.793 bits per heavy atom. The normalized spacial score (nSPS) is 11.3. The molecule has 0 atom stereocenters. The molecular formula is C29H51. The Kier molecular flexibility index (Phi) is 17.4. The fourth-order valence-electron chi connectivity index (χ4n) is 4.41. The van der Waals surface area contributed by atoms with E-state index in [1.165, 1.54) is 145 Å². The summed E-state index contributed by atoms with van der Waals surface area (Å²) in [5.74, 6) is 0. The van der Waals surface area contributed by atoms with Gasteiger partial charge in [0.15, 0.2) is 0 Å². The minimum atomic E-state index is 1.22. The van der Waals surface area contributed by atoms with Gasteiger partial charge in [0.2, 0.25) is 0 Å². The summed E-state index contributed by atoms with van der Waals surface area (Å²) >= 11 is 0. The summed E-state index contributed by atoms with van der Waals surface area (Å²) in [6.45, 7) is 9.02. The smallest absolute Gasteiger partial charge is 0.0233 e. The van der Waals surface area contributed by atoms with Crippen molar-refractivity contribution >= 4 is 0 Å². The average molecular weight is 400 g/mol. The Bertz CT molecular complexity index is 433. The highest BCUT2D eigenvalue weighted by Crippen LogP contribution is 2.20. The zero-order chi connectivity index (χ0) is 21.0. The van der Waals surface area contributed by atoms with Crippen LogP contribution in [0.15, 0.2) is 18.2 Å². The van der Waals surface area contributed by atoms with E-state index < -0.39 is 0 Å². The fourth-order valence-corrected chi connectivity index (χ4v) is 4.41. The van der Waals surface area contributed by atoms with Crippen LogP contribution in [-0.4, -0.2) is 0 Å². The highest BCUT2D eigenvalue weighted by Gasteiger charge is 2.04. The van der Waals surface area contributed by atoms with Crippen molar-refractivity contribution in [3.05, 3.63) is 41.8 Å². The minimum Gasteiger partial charge on any atom is -0.0654 e. The van der Waals surface area contributed by atoms with E-state index in [1.54, 1.807) is 0 Å². The second-order valence-electron chi connectivity index (χ2n) is 9.21. The second-order valence-corrected chi connectivity index (χ2v) is 9.21. The molecule has 1 aromatic rings. The van der Waals surface area contributed by atoms with E-state index >= 15 is 0 Å². The van der Waals surface area contributed by atoms with Gasteiger partial charge in [0.25, 0.3) is 0 Å². The lowest BCUT2D eigenvalue weighted by Gasteiger charge is -2.11. The molecule has 1 radical (unpaired) electrons. The molecule has 0 saturated heterocycles. The van der Waals surface area contributed by atoms with Gasteiger partial charge in [0.1, 0.15) is 0 Å². The molecular weight excluding hydrogens is 348 g/mol. The zero-order valence-electron chi connectivity index (χ0n) is 20.1. The van der Waals surface area contributed by atoms with Crippen molar-refractivity contribution in [1.82, 2.24) is 0 Å². The minimum absolute atomic E-state index is 1.22. The molecule has 0 unspecified atom stereocenters. The lowest BCUT2D eigenvalue weighted by molar-refractivity contribution is 0.563. The average Bonchev–Trinajstić information content (AvgIpc) is 2.73. The topological polar surface area (TPSA) is 0 Å². The molecule has 0 spiro atoms. The molecule has 0 aliphatic rings. The van der Waals surface area contributed by atoms with Gasteiger partial charge in [0, 0.05) is 0 Å². The van der Waals surface area contributed by atoms with Gasteiger partial charge in [0.05, 0.1) is 0 Å². The predicted molar refractivity (Wildman–Crippen MR) is 133 cm³/mol. The molecule has 0 fully saturated rings. The van der Waals surface area contributed by atoms with Gasteiger partial charge in [-0.05, 0) is 49.3 Å². The van der Waals surface area contributed by atoms with Gasteiger partial charge >= 0.3 is 0 Å². The molecule has 0 amide bonds. The third-order valence-corrected chi connectivity index (χ3v) is 6.47. The van der Waals surface area contributed by atoms with Crippen molar-refractivity contribution in [2.24, 2.45) is 0 Å². The third-order valence-electron chi connectivity index (χ3n) is 6.47. The van der Waals surface area contributed by atoms with Crippen LogP contribution in [0.3, 0.4) is 0 Å². The van der Waals surface area contributed by atoms with Crippen LogP contribution in [0.2, 0.25) is 0 Å². The third kappa shape index (κ3) is 14.0. The van der Waals surface area contributed by atoms with Gasteiger partial charge in [-0.15, -0.1) is 0 Å². The summed E-state index contributed by atoms with van der Waals surface area (Å²) in [7, 11) is 0. The van der Waals surface area contributed by atoms with Crippen LogP contribution in [0, 0.1) is 6.92 Å². The molecule has 1 rings (SSSR count). The van der Waals surface area contributed by atoms with Gasteiger partial charge in [-0.2, -0.15) is 0 Å². The van der Waals surface area contributed by atoms with E-state index in [0.29, 0.717) is 0 Å². The molecule has 29 heavy (non-hydrogen) atoms. The van der Waals surface area contributed by atoms with Gasteiger partial charge < -0.3 is 0 Å². The molecule has 0 nitrogen and oxygen atoms in total. The Hall–Kier alpha value is -0.780. The van der Waals surface area contributed by atoms with Crippen LogP contribution in [0.25, 0.3) is 0 Å². The largest absolute Gasteiger partial charge is 0.0654 e. The first-order valence-electron chi connectivity index (χ1n) is 13.2. The molecule has 0 bridgehead atoms. The number of unbranched alkanes of at least 4 members (excludes halogenated alkanes) is 16. The highest BCUT2D eigenvalue weighted by atomic mass is 14.1. The number of benzene rings is 1. The first-order valence-corrected chi connectivity index (χ1v) is 13.2. The highest BCUT2D eigenvalue weighted by molar-refractivity contribution is 5.37. The molecule has 0 heterocycles. The fraction of sp³-hybridized carbons (Fsp3) is 0.759. The maximum absolute atomic E-state index is 4.43. The maximum atomic E-state index is 4.43. The molecule has 0 aliphatic carbocycles. The first kappa shape index (κ1) is 26.3. The van der Waals surface area contributed by atoms with Crippen molar-refractivity contribution in [1.29, 1.82) is 0 Å². The van der Waals surface area contributed by atoms with Crippen molar-refractivity contribution in [2.75, 3.05) is 0 Å². The molecule has 0 heteroatoms. The molecule has 0 saturated carbocycles. The van der Waals surface area contributed by atoms with E-state index in [-0.39, 0.29) is 0 Å². The zero-order valence-corrected chi connectivity index (χ0v) is 20.1. The van der Waals surface area contributed by atoms with Crippen molar-refractivity contribution < 1.29 is 0 Å². The number of rotatable bonds is 20. The summed E-state index contributed by atoms with van der Waals surface area (Å²) in [6, 6.07) is 6.89. The summed E-state index contributed by atoms with van der Waals surface area (Å²) < 4.78 is 0. The predicted octanol–water partition coefficient (Wildman–Crippen LogP) is 10.0. The number of aryl methyl sites for hydroxylation is 2. The van der Waals surface area contributed by atoms with Crippen molar-refractivity contribution in [2.45, 2.75) is 142 Å². The Morgan fingerprint density at radius 3 is 1.14 bits per heavy atom.